The molecule has 0 aliphatic carbocycles. The molecule has 3 heterocycles. The van der Waals surface area contributed by atoms with Crippen LogP contribution in [-0.4, -0.2) is 20.9 Å². The highest BCUT2D eigenvalue weighted by Gasteiger charge is 2.11. The van der Waals surface area contributed by atoms with E-state index in [0.717, 1.165) is 44.2 Å². The first kappa shape index (κ1) is 21.1. The van der Waals surface area contributed by atoms with Crippen LogP contribution in [0.25, 0.3) is 21.8 Å². The highest BCUT2D eigenvalue weighted by molar-refractivity contribution is 6.35. The summed E-state index contributed by atoms with van der Waals surface area (Å²) in [5.41, 5.74) is 6.03. The number of hydrogen-bond acceptors (Lipinski definition) is 3. The highest BCUT2D eigenvalue weighted by atomic mass is 35.5. The number of amides is 1. The van der Waals surface area contributed by atoms with E-state index >= 15 is 0 Å². The van der Waals surface area contributed by atoms with Gasteiger partial charge in [-0.15, -0.1) is 0 Å². The summed E-state index contributed by atoms with van der Waals surface area (Å²) >= 11 is 6.23. The number of aromatic nitrogens is 3. The first-order chi connectivity index (χ1) is 16.0. The van der Waals surface area contributed by atoms with Gasteiger partial charge in [-0.25, -0.2) is 4.39 Å². The van der Waals surface area contributed by atoms with Gasteiger partial charge in [-0.05, 0) is 66.1 Å². The summed E-state index contributed by atoms with van der Waals surface area (Å²) in [5, 5.41) is 5.31. The van der Waals surface area contributed by atoms with Crippen molar-refractivity contribution in [2.75, 3.05) is 0 Å². The van der Waals surface area contributed by atoms with Crippen LogP contribution in [0.5, 0.6) is 0 Å². The van der Waals surface area contributed by atoms with Crippen LogP contribution in [0.4, 0.5) is 4.39 Å². The van der Waals surface area contributed by atoms with Crippen LogP contribution in [0.1, 0.15) is 32.7 Å². The molecule has 5 aromatic rings. The average Bonchev–Trinajstić information content (AvgIpc) is 3.16. The lowest BCUT2D eigenvalue weighted by Gasteiger charge is -2.10. The third-order valence-electron chi connectivity index (χ3n) is 5.70. The molecule has 0 unspecified atom stereocenters. The summed E-state index contributed by atoms with van der Waals surface area (Å²) in [6.45, 7) is 2.40. The van der Waals surface area contributed by atoms with E-state index < -0.39 is 0 Å². The smallest absolute Gasteiger partial charge is 0.251 e. The second kappa shape index (κ2) is 8.64. The number of rotatable bonds is 5. The van der Waals surface area contributed by atoms with Crippen molar-refractivity contribution in [3.05, 3.63) is 106 Å². The minimum Gasteiger partial charge on any atom is -0.360 e. The standard InChI is InChI=1S/C26H20ClFN4O/c1-15-6-25-22(23(27)14-31-25)11-19(15)12-32-26(33)17-4-5-29-21(10-17)8-16-2-3-24-18(7-16)9-20(28)13-30-24/h2-7,9-11,13-14,31H,8,12H2,1H3,(H,32,33). The van der Waals surface area contributed by atoms with E-state index in [1.807, 2.05) is 37.3 Å². The highest BCUT2D eigenvalue weighted by Crippen LogP contribution is 2.26. The minimum atomic E-state index is -0.371. The van der Waals surface area contributed by atoms with Crippen LogP contribution in [0, 0.1) is 12.7 Å². The number of pyridine rings is 2. The summed E-state index contributed by atoms with van der Waals surface area (Å²) < 4.78 is 13.5. The van der Waals surface area contributed by atoms with Gasteiger partial charge in [-0.2, -0.15) is 0 Å². The number of fused-ring (bicyclic) bond motifs is 2. The van der Waals surface area contributed by atoms with Crippen LogP contribution in [0.15, 0.2) is 67.1 Å². The Balaban J connectivity index is 1.31. The second-order valence-electron chi connectivity index (χ2n) is 8.04. The Morgan fingerprint density at radius 2 is 2.00 bits per heavy atom. The van der Waals surface area contributed by atoms with Crippen molar-refractivity contribution in [2.24, 2.45) is 0 Å². The van der Waals surface area contributed by atoms with Crippen LogP contribution >= 0.6 is 11.6 Å². The number of carbonyl (C=O) groups excluding carboxylic acids is 1. The third-order valence-corrected chi connectivity index (χ3v) is 6.02. The largest absolute Gasteiger partial charge is 0.360 e. The van der Waals surface area contributed by atoms with Crippen molar-refractivity contribution in [3.63, 3.8) is 0 Å². The molecule has 0 spiro atoms. The van der Waals surface area contributed by atoms with Crippen molar-refractivity contribution in [2.45, 2.75) is 19.9 Å². The Morgan fingerprint density at radius 1 is 1.12 bits per heavy atom. The lowest BCUT2D eigenvalue weighted by Crippen LogP contribution is -2.23. The Labute approximate surface area is 194 Å². The molecule has 0 radical (unpaired) electrons. The minimum absolute atomic E-state index is 0.178. The summed E-state index contributed by atoms with van der Waals surface area (Å²) in [5.74, 6) is -0.548. The predicted molar refractivity (Wildman–Crippen MR) is 128 cm³/mol. The maximum Gasteiger partial charge on any atom is 0.251 e. The van der Waals surface area contributed by atoms with Crippen LogP contribution in [0.3, 0.4) is 0 Å². The molecule has 0 bridgehead atoms. The molecule has 0 fully saturated rings. The van der Waals surface area contributed by atoms with Gasteiger partial charge in [0.2, 0.25) is 0 Å². The molecule has 7 heteroatoms. The molecule has 164 valence electrons. The predicted octanol–water partition coefficient (Wildman–Crippen LogP) is 5.73. The molecule has 33 heavy (non-hydrogen) atoms. The first-order valence-corrected chi connectivity index (χ1v) is 10.9. The van der Waals surface area contributed by atoms with E-state index in [1.54, 1.807) is 24.5 Å². The van der Waals surface area contributed by atoms with E-state index in [0.29, 0.717) is 23.6 Å². The number of benzene rings is 2. The van der Waals surface area contributed by atoms with Gasteiger partial charge < -0.3 is 10.3 Å². The lowest BCUT2D eigenvalue weighted by atomic mass is 10.0. The average molecular weight is 459 g/mol. The van der Waals surface area contributed by atoms with Gasteiger partial charge in [-0.1, -0.05) is 17.7 Å². The number of halogens is 2. The van der Waals surface area contributed by atoms with Crippen molar-refractivity contribution >= 4 is 39.3 Å². The zero-order chi connectivity index (χ0) is 22.9. The van der Waals surface area contributed by atoms with Gasteiger partial charge in [0.1, 0.15) is 5.82 Å². The van der Waals surface area contributed by atoms with Crippen molar-refractivity contribution in [1.82, 2.24) is 20.3 Å². The Morgan fingerprint density at radius 3 is 2.88 bits per heavy atom. The number of carbonyl (C=O) groups is 1. The van der Waals surface area contributed by atoms with Crippen molar-refractivity contribution < 1.29 is 9.18 Å². The van der Waals surface area contributed by atoms with E-state index in [4.69, 9.17) is 11.6 Å². The van der Waals surface area contributed by atoms with Gasteiger partial charge in [0, 0.05) is 52.9 Å². The number of H-pyrrole nitrogens is 1. The van der Waals surface area contributed by atoms with Gasteiger partial charge >= 0.3 is 0 Å². The van der Waals surface area contributed by atoms with Crippen LogP contribution < -0.4 is 5.32 Å². The van der Waals surface area contributed by atoms with Gasteiger partial charge in [0.15, 0.2) is 0 Å². The van der Waals surface area contributed by atoms with E-state index in [-0.39, 0.29) is 11.7 Å². The molecule has 0 atom stereocenters. The molecule has 0 aliphatic heterocycles. The normalized spacial score (nSPS) is 11.2. The molecule has 3 aromatic heterocycles. The van der Waals surface area contributed by atoms with Crippen LogP contribution in [-0.2, 0) is 13.0 Å². The van der Waals surface area contributed by atoms with E-state index in [1.165, 1.54) is 12.3 Å². The molecule has 0 saturated carbocycles. The number of nitrogens with zero attached hydrogens (tertiary/aromatic N) is 2. The Kier molecular flexibility index (Phi) is 5.52. The fourth-order valence-corrected chi connectivity index (χ4v) is 4.16. The fourth-order valence-electron chi connectivity index (χ4n) is 3.95. The maximum absolute atomic E-state index is 13.5. The summed E-state index contributed by atoms with van der Waals surface area (Å²) in [4.78, 5) is 24.4. The van der Waals surface area contributed by atoms with E-state index in [2.05, 4.69) is 20.3 Å². The summed E-state index contributed by atoms with van der Waals surface area (Å²) in [6, 6.07) is 14.6. The van der Waals surface area contributed by atoms with Crippen molar-refractivity contribution in [1.29, 1.82) is 0 Å². The zero-order valence-corrected chi connectivity index (χ0v) is 18.6. The fraction of sp³-hybridized carbons (Fsp3) is 0.115. The topological polar surface area (TPSA) is 70.7 Å². The molecule has 0 saturated heterocycles. The van der Waals surface area contributed by atoms with Gasteiger partial charge in [0.05, 0.1) is 16.7 Å². The quantitative estimate of drug-likeness (QED) is 0.353. The Hall–Kier alpha value is -3.77. The van der Waals surface area contributed by atoms with Gasteiger partial charge in [0.25, 0.3) is 5.91 Å². The molecule has 0 aliphatic rings. The first-order valence-electron chi connectivity index (χ1n) is 10.5. The number of aromatic amines is 1. The number of hydrogen-bond donors (Lipinski definition) is 2. The maximum atomic E-state index is 13.5. The van der Waals surface area contributed by atoms with Crippen LogP contribution in [0.2, 0.25) is 5.02 Å². The SMILES string of the molecule is Cc1cc2[nH]cc(Cl)c2cc1CNC(=O)c1ccnc(Cc2ccc3ncc(F)cc3c2)c1. The zero-order valence-electron chi connectivity index (χ0n) is 17.8. The van der Waals surface area contributed by atoms with E-state index in [9.17, 15) is 9.18 Å². The molecule has 5 nitrogen and oxygen atoms in total. The summed E-state index contributed by atoms with van der Waals surface area (Å²) in [6.07, 6.45) is 5.12. The lowest BCUT2D eigenvalue weighted by molar-refractivity contribution is 0.0950. The summed E-state index contributed by atoms with van der Waals surface area (Å²) in [7, 11) is 0. The molecule has 2 N–H and O–H groups in total. The van der Waals surface area contributed by atoms with Crippen molar-refractivity contribution in [3.8, 4) is 0 Å². The third kappa shape index (κ3) is 4.43. The Bertz CT molecular complexity index is 1510. The molecular formula is C26H20ClFN4O. The molecule has 2 aromatic carbocycles. The number of aryl methyl sites for hydroxylation is 1. The number of nitrogens with one attached hydrogen (secondary N) is 2. The monoisotopic (exact) mass is 458 g/mol. The second-order valence-corrected chi connectivity index (χ2v) is 8.44. The molecule has 1 amide bonds. The van der Waals surface area contributed by atoms with Gasteiger partial charge in [-0.3, -0.25) is 14.8 Å². The molecule has 5 rings (SSSR count). The molecular weight excluding hydrogens is 439 g/mol.